The largest absolute Gasteiger partial charge is 0.394 e. The van der Waals surface area contributed by atoms with Crippen molar-refractivity contribution in [1.82, 2.24) is 16.0 Å². The van der Waals surface area contributed by atoms with E-state index < -0.39 is 273 Å². The molecule has 0 bridgehead atoms. The second-order valence-corrected chi connectivity index (χ2v) is 21.4. The van der Waals surface area contributed by atoms with Crippen molar-refractivity contribution in [3.63, 3.8) is 0 Å². The molecule has 3 amide bonds. The van der Waals surface area contributed by atoms with E-state index in [1.165, 1.54) is 0 Å². The highest BCUT2D eigenvalue weighted by molar-refractivity contribution is 5.74. The number of nitrogens with one attached hydrogen (secondary N) is 3. The van der Waals surface area contributed by atoms with Gasteiger partial charge < -0.3 is 175 Å². The van der Waals surface area contributed by atoms with Crippen molar-refractivity contribution in [2.45, 2.75) is 229 Å². The lowest BCUT2D eigenvalue weighted by molar-refractivity contribution is -0.410. The van der Waals surface area contributed by atoms with Crippen molar-refractivity contribution >= 4 is 17.7 Å². The van der Waals surface area contributed by atoms with Crippen LogP contribution < -0.4 is 16.0 Å². The Labute approximate surface area is 481 Å². The number of ether oxygens (including phenoxy) is 13. The predicted molar refractivity (Wildman–Crippen MR) is 261 cm³/mol. The summed E-state index contributed by atoms with van der Waals surface area (Å²) in [6.07, 6.45) is -62.3. The summed E-state index contributed by atoms with van der Waals surface area (Å²) in [7, 11) is 0. The number of hydrogen-bond acceptors (Lipinski definition) is 35. The molecule has 7 heterocycles. The van der Waals surface area contributed by atoms with Crippen LogP contribution in [-0.2, 0) is 76.0 Å². The van der Waals surface area contributed by atoms with Crippen molar-refractivity contribution in [2.24, 2.45) is 0 Å². The van der Waals surface area contributed by atoms with Gasteiger partial charge in [-0.15, -0.1) is 0 Å². The molecule has 7 saturated heterocycles. The van der Waals surface area contributed by atoms with E-state index in [-0.39, 0.29) is 0 Å². The second-order valence-electron chi connectivity index (χ2n) is 21.4. The van der Waals surface area contributed by atoms with Crippen LogP contribution in [0.5, 0.6) is 0 Å². The van der Waals surface area contributed by atoms with Gasteiger partial charge >= 0.3 is 0 Å². The molecule has 0 spiro atoms. The first kappa shape index (κ1) is 69.6. The zero-order chi connectivity index (χ0) is 62.6. The quantitative estimate of drug-likeness (QED) is 0.0507. The van der Waals surface area contributed by atoms with E-state index in [9.17, 15) is 111 Å². The van der Waals surface area contributed by atoms with Crippen LogP contribution in [0.1, 0.15) is 20.8 Å². The summed E-state index contributed by atoms with van der Waals surface area (Å²) >= 11 is 0. The van der Waals surface area contributed by atoms with Gasteiger partial charge in [0, 0.05) is 20.8 Å². The molecule has 0 aromatic carbocycles. The highest BCUT2D eigenvalue weighted by Crippen LogP contribution is 2.39. The SMILES string of the molecule is CC(=O)N[C@H]1[C@H](O[C@H]2[C@H](O)[C@@H](NC(C)=O)C(O)O[C@@H]2CO)O[C@H](CO)[C@@H](O[C@@H]2O[C@H](CO[C@H]3O[C@H](CO)[C@@H](O)[C@H](O)[C@@H]3O)[C@@H](O)[C@H](O[C@H]3O[C@H](CO)[C@@H](O)[C@H](O)[C@@H]3O[C@@H]3O[C@H](CO)[C@@H](O)[C@H](O)[C@H]3NC(C)=O)[C@@H]2O[C@@H]2OC[C@@H](O)[C@H](O)[C@H]2O)[C@@H]1O. The first-order chi connectivity index (χ1) is 40.2. The summed E-state index contributed by atoms with van der Waals surface area (Å²) in [6, 6.07) is -5.21. The number of carbonyl (C=O) groups excluding carboxylic acids is 3. The van der Waals surface area contributed by atoms with Crippen molar-refractivity contribution in [3.05, 3.63) is 0 Å². The molecule has 34 atom stereocenters. The minimum absolute atomic E-state index is 0.752. The lowest BCUT2D eigenvalue weighted by atomic mass is 9.93. The van der Waals surface area contributed by atoms with Crippen LogP contribution in [0, 0.1) is 0 Å². The van der Waals surface area contributed by atoms with Gasteiger partial charge in [-0.2, -0.15) is 0 Å². The van der Waals surface area contributed by atoms with Gasteiger partial charge in [-0.05, 0) is 0 Å². The first-order valence-corrected chi connectivity index (χ1v) is 27.0. The van der Waals surface area contributed by atoms with Gasteiger partial charge in [0.25, 0.3) is 0 Å². The molecule has 38 nitrogen and oxygen atoms in total. The van der Waals surface area contributed by atoms with Gasteiger partial charge in [-0.1, -0.05) is 0 Å². The summed E-state index contributed by atoms with van der Waals surface area (Å²) in [6.45, 7) is -3.87. The zero-order valence-corrected chi connectivity index (χ0v) is 45.6. The average molecular weight is 1250 g/mol. The fourth-order valence-corrected chi connectivity index (χ4v) is 10.8. The Hall–Kier alpha value is -2.87. The topological polar surface area (TPSA) is 592 Å². The molecule has 1 unspecified atom stereocenters. The van der Waals surface area contributed by atoms with Crippen molar-refractivity contribution in [3.8, 4) is 0 Å². The fourth-order valence-electron chi connectivity index (χ4n) is 10.8. The number of amides is 3. The molecule has 7 aliphatic heterocycles. The molecule has 38 heteroatoms. The third-order valence-electron chi connectivity index (χ3n) is 15.3. The normalized spacial score (nSPS) is 48.9. The van der Waals surface area contributed by atoms with Crippen LogP contribution in [0.25, 0.3) is 0 Å². The van der Waals surface area contributed by atoms with Crippen LogP contribution in [0.3, 0.4) is 0 Å². The van der Waals surface area contributed by atoms with E-state index in [1.54, 1.807) is 0 Å². The lowest BCUT2D eigenvalue weighted by Crippen LogP contribution is -2.71. The molecule has 0 saturated carbocycles. The lowest BCUT2D eigenvalue weighted by Gasteiger charge is -2.52. The molecule has 0 aromatic rings. The van der Waals surface area contributed by atoms with E-state index in [0.717, 1.165) is 20.8 Å². The Kier molecular flexibility index (Phi) is 24.8. The maximum Gasteiger partial charge on any atom is 0.217 e. The first-order valence-electron chi connectivity index (χ1n) is 27.0. The summed E-state index contributed by atoms with van der Waals surface area (Å²) in [5, 5.41) is 214. The smallest absolute Gasteiger partial charge is 0.217 e. The number of rotatable bonds is 21. The summed E-state index contributed by atoms with van der Waals surface area (Å²) in [5.74, 6) is -2.49. The van der Waals surface area contributed by atoms with Gasteiger partial charge in [-0.25, -0.2) is 0 Å². The van der Waals surface area contributed by atoms with E-state index in [2.05, 4.69) is 16.0 Å². The standard InChI is InChI=1S/C47H79N3O35/c1-11(56)48-21-30(66)36(18(7-54)75-41(21)72)81-43-23(50-13(3)58)31(67)37(19(8-55)79-43)82-47-40(85-45-34(70)24(60)14(59)9-73-45)38(28(64)20(80-47)10-74-44-35(71)32(68)26(62)16(5-52)77-44)83-46-39(33(69)27(63)17(6-53)78-46)84-42-22(49-12(2)57)29(65)25(61)15(4-51)76-42/h14-47,51-55,59-72H,4-10H2,1-3H3,(H,48,56)(H,49,57)(H,50,58)/t14-,15-,16-,17-,18-,19-,20-,21-,22-,23-,24+,25-,26-,27-,28-,29-,30-,31-,32+,33+,34-,35+,36-,37-,38+,39+,40+,41?,42+,43+,44+,45+,46-,47+/m1/s1. The maximum atomic E-state index is 12.9. The summed E-state index contributed by atoms with van der Waals surface area (Å²) in [4.78, 5) is 37.3. The van der Waals surface area contributed by atoms with E-state index in [1.807, 2.05) is 0 Å². The highest BCUT2D eigenvalue weighted by atomic mass is 16.8. The minimum atomic E-state index is -2.34. The fraction of sp³-hybridized carbons (Fsp3) is 0.936. The molecule has 492 valence electrons. The molecule has 7 rings (SSSR count). The highest BCUT2D eigenvalue weighted by Gasteiger charge is 2.59. The molecule has 85 heavy (non-hydrogen) atoms. The second kappa shape index (κ2) is 30.3. The number of carbonyl (C=O) groups is 3. The predicted octanol–water partition coefficient (Wildman–Crippen LogP) is -15.2. The third kappa shape index (κ3) is 15.5. The van der Waals surface area contributed by atoms with Gasteiger partial charge in [0.15, 0.2) is 44.0 Å². The molecule has 7 fully saturated rings. The Morgan fingerprint density at radius 1 is 0.353 bits per heavy atom. The summed E-state index contributed by atoms with van der Waals surface area (Å²) < 4.78 is 77.0. The van der Waals surface area contributed by atoms with E-state index >= 15 is 0 Å². The van der Waals surface area contributed by atoms with Crippen molar-refractivity contribution < 1.29 is 173 Å². The van der Waals surface area contributed by atoms with Gasteiger partial charge in [0.1, 0.15) is 165 Å². The average Bonchev–Trinajstić information content (AvgIpc) is 2.21. The summed E-state index contributed by atoms with van der Waals surface area (Å²) in [5.41, 5.74) is 0. The molecular formula is C47H79N3O35. The Balaban J connectivity index is 1.30. The van der Waals surface area contributed by atoms with Gasteiger partial charge in [-0.3, -0.25) is 14.4 Å². The van der Waals surface area contributed by atoms with Crippen molar-refractivity contribution in [2.75, 3.05) is 46.2 Å². The van der Waals surface area contributed by atoms with Crippen LogP contribution >= 0.6 is 0 Å². The number of aliphatic hydroxyl groups excluding tert-OH is 19. The number of aliphatic hydroxyl groups is 19. The van der Waals surface area contributed by atoms with E-state index in [4.69, 9.17) is 61.6 Å². The molecular weight excluding hydrogens is 1170 g/mol. The Morgan fingerprint density at radius 2 is 0.741 bits per heavy atom. The zero-order valence-electron chi connectivity index (χ0n) is 45.6. The van der Waals surface area contributed by atoms with Crippen LogP contribution in [0.4, 0.5) is 0 Å². The molecule has 0 aliphatic carbocycles. The number of hydrogen-bond donors (Lipinski definition) is 22. The molecule has 0 aromatic heterocycles. The Bertz CT molecular complexity index is 2130. The van der Waals surface area contributed by atoms with Crippen LogP contribution in [-0.4, -0.2) is 370 Å². The van der Waals surface area contributed by atoms with Crippen LogP contribution in [0.2, 0.25) is 0 Å². The van der Waals surface area contributed by atoms with Gasteiger partial charge in [0.05, 0.1) is 46.2 Å². The molecule has 0 radical (unpaired) electrons. The van der Waals surface area contributed by atoms with Crippen molar-refractivity contribution in [1.29, 1.82) is 0 Å². The monoisotopic (exact) mass is 1250 g/mol. The maximum absolute atomic E-state index is 12.9. The van der Waals surface area contributed by atoms with Gasteiger partial charge in [0.2, 0.25) is 17.7 Å². The minimum Gasteiger partial charge on any atom is -0.394 e. The Morgan fingerprint density at radius 3 is 1.29 bits per heavy atom. The third-order valence-corrected chi connectivity index (χ3v) is 15.3. The molecule has 22 N–H and O–H groups in total. The van der Waals surface area contributed by atoms with Crippen LogP contribution in [0.15, 0.2) is 0 Å². The van der Waals surface area contributed by atoms with E-state index in [0.29, 0.717) is 0 Å². The molecule has 7 aliphatic rings.